The van der Waals surface area contributed by atoms with E-state index in [1.54, 1.807) is 21.3 Å². The van der Waals surface area contributed by atoms with Crippen molar-refractivity contribution < 1.29 is 14.2 Å². The molecule has 1 fully saturated rings. The van der Waals surface area contributed by atoms with Gasteiger partial charge in [0.1, 0.15) is 0 Å². The van der Waals surface area contributed by atoms with Crippen molar-refractivity contribution in [2.75, 3.05) is 21.3 Å². The monoisotopic (exact) mass is 386 g/mol. The smallest absolute Gasteiger partial charge is 0.203 e. The van der Waals surface area contributed by atoms with E-state index in [-0.39, 0.29) is 0 Å². The summed E-state index contributed by atoms with van der Waals surface area (Å²) >= 11 is 0. The predicted molar refractivity (Wildman–Crippen MR) is 118 cm³/mol. The highest BCUT2D eigenvalue weighted by atomic mass is 16.5. The van der Waals surface area contributed by atoms with Crippen molar-refractivity contribution in [3.63, 3.8) is 0 Å². The maximum Gasteiger partial charge on any atom is 0.203 e. The molecular formula is C25H38O3. The zero-order chi connectivity index (χ0) is 20.5. The van der Waals surface area contributed by atoms with Crippen LogP contribution in [0.25, 0.3) is 0 Å². The Balaban J connectivity index is 1.94. The molecule has 0 aliphatic heterocycles. The summed E-state index contributed by atoms with van der Waals surface area (Å²) in [6.45, 7) is 8.76. The third-order valence-electron chi connectivity index (χ3n) is 6.34. The molecule has 0 radical (unpaired) electrons. The fourth-order valence-electron chi connectivity index (χ4n) is 4.65. The van der Waals surface area contributed by atoms with E-state index < -0.39 is 0 Å². The Labute approximate surface area is 171 Å². The van der Waals surface area contributed by atoms with E-state index in [1.165, 1.54) is 37.7 Å². The van der Waals surface area contributed by atoms with E-state index in [9.17, 15) is 0 Å². The van der Waals surface area contributed by atoms with Gasteiger partial charge in [0.15, 0.2) is 11.5 Å². The van der Waals surface area contributed by atoms with Gasteiger partial charge < -0.3 is 14.2 Å². The van der Waals surface area contributed by atoms with Gasteiger partial charge in [0.05, 0.1) is 21.3 Å². The molecule has 0 amide bonds. The molecule has 0 aromatic heterocycles. The lowest BCUT2D eigenvalue weighted by molar-refractivity contribution is 0.188. The molecule has 1 aliphatic carbocycles. The van der Waals surface area contributed by atoms with Gasteiger partial charge in [-0.05, 0) is 68.4 Å². The lowest BCUT2D eigenvalue weighted by Gasteiger charge is -2.35. The number of hydrogen-bond donors (Lipinski definition) is 0. The lowest BCUT2D eigenvalue weighted by atomic mass is 9.70. The molecular weight excluding hydrogens is 348 g/mol. The minimum atomic E-state index is 0.671. The van der Waals surface area contributed by atoms with Crippen LogP contribution in [-0.2, 0) is 6.42 Å². The van der Waals surface area contributed by atoms with Gasteiger partial charge in [0, 0.05) is 0 Å². The number of benzene rings is 1. The topological polar surface area (TPSA) is 27.7 Å². The van der Waals surface area contributed by atoms with Gasteiger partial charge in [-0.25, -0.2) is 0 Å². The molecule has 3 nitrogen and oxygen atoms in total. The standard InChI is InChI=1S/C25H38O3/c1-7-20-12-9-11-19(3)22(20)16-14-18(2)10-8-13-21-15-17-23(26-4)25(28-6)24(21)27-5/h7,10,15,17,19-20,22H,1,8-9,11-14,16H2,2-6H3/b18-10+/t19?,20-,22-/m1/s1. The summed E-state index contributed by atoms with van der Waals surface area (Å²) in [7, 11) is 4.98. The Bertz CT molecular complexity index is 662. The zero-order valence-corrected chi connectivity index (χ0v) is 18.4. The van der Waals surface area contributed by atoms with Crippen LogP contribution in [-0.4, -0.2) is 21.3 Å². The number of aryl methyl sites for hydroxylation is 1. The molecule has 1 aliphatic rings. The van der Waals surface area contributed by atoms with Crippen molar-refractivity contribution in [3.8, 4) is 17.2 Å². The highest BCUT2D eigenvalue weighted by molar-refractivity contribution is 5.55. The molecule has 1 saturated carbocycles. The summed E-state index contributed by atoms with van der Waals surface area (Å²) in [5.74, 6) is 4.46. The predicted octanol–water partition coefficient (Wildman–Crippen LogP) is 6.61. The SMILES string of the molecule is C=C[C@@H]1CCCC(C)[C@H]1CC/C(C)=C/CCc1ccc(OC)c(OC)c1OC. The number of methoxy groups -OCH3 is 3. The Morgan fingerprint density at radius 3 is 2.50 bits per heavy atom. The Hall–Kier alpha value is -1.90. The van der Waals surface area contributed by atoms with Crippen molar-refractivity contribution in [1.82, 2.24) is 0 Å². The average molecular weight is 387 g/mol. The number of ether oxygens (including phenoxy) is 3. The van der Waals surface area contributed by atoms with Crippen LogP contribution in [0.5, 0.6) is 17.2 Å². The molecule has 156 valence electrons. The third-order valence-corrected chi connectivity index (χ3v) is 6.34. The highest BCUT2D eigenvalue weighted by Gasteiger charge is 2.28. The summed E-state index contributed by atoms with van der Waals surface area (Å²) in [4.78, 5) is 0. The van der Waals surface area contributed by atoms with Crippen LogP contribution in [0, 0.1) is 17.8 Å². The van der Waals surface area contributed by atoms with Gasteiger partial charge in [-0.3, -0.25) is 0 Å². The van der Waals surface area contributed by atoms with Gasteiger partial charge in [-0.2, -0.15) is 0 Å². The Kier molecular flexibility index (Phi) is 8.95. The molecule has 3 heteroatoms. The first kappa shape index (κ1) is 22.4. The molecule has 1 aromatic carbocycles. The van der Waals surface area contributed by atoms with Crippen LogP contribution in [0.3, 0.4) is 0 Å². The summed E-state index contributed by atoms with van der Waals surface area (Å²) in [6, 6.07) is 4.02. The molecule has 0 N–H and O–H groups in total. The second kappa shape index (κ2) is 11.2. The second-order valence-electron chi connectivity index (χ2n) is 8.09. The first-order chi connectivity index (χ1) is 13.5. The van der Waals surface area contributed by atoms with E-state index >= 15 is 0 Å². The molecule has 28 heavy (non-hydrogen) atoms. The molecule has 1 unspecified atom stereocenters. The minimum absolute atomic E-state index is 0.671. The molecule has 0 spiro atoms. The van der Waals surface area contributed by atoms with Crippen molar-refractivity contribution in [3.05, 3.63) is 42.0 Å². The fraction of sp³-hybridized carbons (Fsp3) is 0.600. The van der Waals surface area contributed by atoms with Crippen LogP contribution < -0.4 is 14.2 Å². The van der Waals surface area contributed by atoms with Gasteiger partial charge in [-0.1, -0.05) is 43.6 Å². The summed E-state index contributed by atoms with van der Waals surface area (Å²) in [5, 5.41) is 0. The van der Waals surface area contributed by atoms with Crippen LogP contribution in [0.15, 0.2) is 36.4 Å². The quantitative estimate of drug-likeness (QED) is 0.423. The van der Waals surface area contributed by atoms with Crippen molar-refractivity contribution in [2.45, 2.75) is 58.8 Å². The molecule has 0 bridgehead atoms. The van der Waals surface area contributed by atoms with Crippen LogP contribution in [0.4, 0.5) is 0 Å². The number of allylic oxidation sites excluding steroid dienone is 3. The first-order valence-corrected chi connectivity index (χ1v) is 10.6. The summed E-state index contributed by atoms with van der Waals surface area (Å²) < 4.78 is 16.5. The van der Waals surface area contributed by atoms with E-state index in [4.69, 9.17) is 14.2 Å². The second-order valence-corrected chi connectivity index (χ2v) is 8.09. The van der Waals surface area contributed by atoms with Crippen LogP contribution in [0.2, 0.25) is 0 Å². The van der Waals surface area contributed by atoms with Gasteiger partial charge in [0.2, 0.25) is 5.75 Å². The van der Waals surface area contributed by atoms with Gasteiger partial charge >= 0.3 is 0 Å². The molecule has 0 heterocycles. The first-order valence-electron chi connectivity index (χ1n) is 10.6. The maximum atomic E-state index is 5.60. The average Bonchev–Trinajstić information content (AvgIpc) is 2.71. The van der Waals surface area contributed by atoms with Gasteiger partial charge in [-0.15, -0.1) is 6.58 Å². The zero-order valence-electron chi connectivity index (χ0n) is 18.4. The highest BCUT2D eigenvalue weighted by Crippen LogP contribution is 2.41. The van der Waals surface area contributed by atoms with E-state index in [0.717, 1.165) is 36.0 Å². The van der Waals surface area contributed by atoms with Crippen molar-refractivity contribution in [1.29, 1.82) is 0 Å². The minimum Gasteiger partial charge on any atom is -0.493 e. The van der Waals surface area contributed by atoms with Gasteiger partial charge in [0.25, 0.3) is 0 Å². The molecule has 2 rings (SSSR count). The largest absolute Gasteiger partial charge is 0.493 e. The molecule has 1 aromatic rings. The maximum absolute atomic E-state index is 5.60. The molecule has 3 atom stereocenters. The summed E-state index contributed by atoms with van der Waals surface area (Å²) in [5.41, 5.74) is 2.64. The number of rotatable bonds is 10. The van der Waals surface area contributed by atoms with E-state index in [0.29, 0.717) is 17.4 Å². The Morgan fingerprint density at radius 2 is 1.86 bits per heavy atom. The van der Waals surface area contributed by atoms with E-state index in [1.807, 2.05) is 6.07 Å². The molecule has 0 saturated heterocycles. The third kappa shape index (κ3) is 5.56. The normalized spacial score (nSPS) is 22.6. The number of hydrogen-bond acceptors (Lipinski definition) is 3. The van der Waals surface area contributed by atoms with E-state index in [2.05, 4.69) is 38.6 Å². The fourth-order valence-corrected chi connectivity index (χ4v) is 4.65. The Morgan fingerprint density at radius 1 is 1.11 bits per heavy atom. The van der Waals surface area contributed by atoms with Crippen LogP contribution >= 0.6 is 0 Å². The van der Waals surface area contributed by atoms with Crippen molar-refractivity contribution in [2.24, 2.45) is 17.8 Å². The lowest BCUT2D eigenvalue weighted by Crippen LogP contribution is -2.25. The van der Waals surface area contributed by atoms with Crippen LogP contribution in [0.1, 0.15) is 57.9 Å². The summed E-state index contributed by atoms with van der Waals surface area (Å²) in [6.07, 6.45) is 13.0. The van der Waals surface area contributed by atoms with Crippen molar-refractivity contribution >= 4 is 0 Å².